The number of allylic oxidation sites excluding steroid dienone is 2. The number of benzene rings is 2. The van der Waals surface area contributed by atoms with Crippen LogP contribution in [0.1, 0.15) is 28.4 Å². The molecule has 2 aromatic rings. The van der Waals surface area contributed by atoms with Crippen molar-refractivity contribution < 1.29 is 31.5 Å². The number of esters is 1. The maximum Gasteiger partial charge on any atom is 0.416 e. The van der Waals surface area contributed by atoms with Gasteiger partial charge in [0.15, 0.2) is 5.82 Å². The average molecular weight is 439 g/mol. The Kier molecular flexibility index (Phi) is 7.06. The quantitative estimate of drug-likeness (QED) is 0.297. The van der Waals surface area contributed by atoms with Crippen LogP contribution < -0.4 is 0 Å². The molecule has 0 saturated carbocycles. The molecule has 0 N–H and O–H groups in total. The minimum Gasteiger partial charge on any atom is -0.462 e. The number of hydrogen-bond donors (Lipinski definition) is 0. The fraction of sp³-hybridized carbons (Fsp3) is 0.211. The van der Waals surface area contributed by atoms with Crippen molar-refractivity contribution in [2.75, 3.05) is 6.61 Å². The Morgan fingerprint density at radius 1 is 1.11 bits per heavy atom. The molecule has 0 saturated heterocycles. The molecule has 0 heterocycles. The lowest BCUT2D eigenvalue weighted by Gasteiger charge is -2.14. The molecule has 0 unspecified atom stereocenters. The summed E-state index contributed by atoms with van der Waals surface area (Å²) < 4.78 is 72.5. The number of carbonyl (C=O) groups excluding carboxylic acids is 1. The third-order valence-corrected chi connectivity index (χ3v) is 4.22. The van der Waals surface area contributed by atoms with Crippen molar-refractivity contribution in [1.29, 1.82) is 0 Å². The Balaban J connectivity index is 2.37. The monoisotopic (exact) mass is 438 g/mol. The standard InChI is InChI=1S/C19H13Cl2F5O2/c1-2-28-18(27)12-5-3-10(7-16(12)22)4-6-13(19(24,25)26)11-8-14(20)17(23)15(21)9-11/h3,5-9H,2,4H2,1H3. The van der Waals surface area contributed by atoms with Gasteiger partial charge in [0.05, 0.1) is 27.8 Å². The van der Waals surface area contributed by atoms with E-state index < -0.39 is 45.0 Å². The van der Waals surface area contributed by atoms with Gasteiger partial charge in [0, 0.05) is 0 Å². The Morgan fingerprint density at radius 2 is 1.71 bits per heavy atom. The van der Waals surface area contributed by atoms with Gasteiger partial charge in [-0.1, -0.05) is 35.3 Å². The molecule has 0 aromatic heterocycles. The van der Waals surface area contributed by atoms with Gasteiger partial charge in [0.1, 0.15) is 5.82 Å². The van der Waals surface area contributed by atoms with Crippen molar-refractivity contribution in [2.24, 2.45) is 0 Å². The lowest BCUT2D eigenvalue weighted by molar-refractivity contribution is -0.0690. The first-order valence-corrected chi connectivity index (χ1v) is 8.68. The first kappa shape index (κ1) is 22.2. The lowest BCUT2D eigenvalue weighted by Crippen LogP contribution is -2.11. The predicted molar refractivity (Wildman–Crippen MR) is 96.5 cm³/mol. The van der Waals surface area contributed by atoms with E-state index in [2.05, 4.69) is 4.74 Å². The molecular formula is C19H13Cl2F5O2. The summed E-state index contributed by atoms with van der Waals surface area (Å²) in [6.07, 6.45) is -4.28. The largest absolute Gasteiger partial charge is 0.462 e. The van der Waals surface area contributed by atoms with Crippen molar-refractivity contribution in [3.8, 4) is 0 Å². The molecule has 0 radical (unpaired) electrons. The number of halogens is 7. The number of hydrogen-bond acceptors (Lipinski definition) is 2. The molecule has 2 aromatic carbocycles. The van der Waals surface area contributed by atoms with Crippen LogP contribution in [-0.4, -0.2) is 18.8 Å². The summed E-state index contributed by atoms with van der Waals surface area (Å²) in [5, 5.41) is -1.11. The van der Waals surface area contributed by atoms with E-state index in [1.165, 1.54) is 6.07 Å². The summed E-state index contributed by atoms with van der Waals surface area (Å²) in [4.78, 5) is 11.6. The highest BCUT2D eigenvalue weighted by atomic mass is 35.5. The maximum atomic E-state index is 14.0. The van der Waals surface area contributed by atoms with Crippen molar-refractivity contribution in [1.82, 2.24) is 0 Å². The second-order valence-electron chi connectivity index (χ2n) is 5.61. The summed E-state index contributed by atoms with van der Waals surface area (Å²) in [6, 6.07) is 5.01. The molecule has 2 nitrogen and oxygen atoms in total. The third-order valence-electron chi connectivity index (χ3n) is 3.67. The number of ether oxygens (including phenoxy) is 1. The van der Waals surface area contributed by atoms with Crippen molar-refractivity contribution >= 4 is 34.7 Å². The molecular weight excluding hydrogens is 426 g/mol. The molecule has 9 heteroatoms. The highest BCUT2D eigenvalue weighted by Crippen LogP contribution is 2.37. The van der Waals surface area contributed by atoms with Gasteiger partial charge >= 0.3 is 12.1 Å². The Hall–Kier alpha value is -2.12. The summed E-state index contributed by atoms with van der Waals surface area (Å²) in [5.41, 5.74) is -1.66. The molecule has 0 aliphatic carbocycles. The van der Waals surface area contributed by atoms with Gasteiger partial charge in [-0.05, 0) is 48.7 Å². The Bertz CT molecular complexity index is 900. The summed E-state index contributed by atoms with van der Waals surface area (Å²) in [6.45, 7) is 1.61. The van der Waals surface area contributed by atoms with Crippen molar-refractivity contribution in [2.45, 2.75) is 19.5 Å². The SMILES string of the molecule is CCOC(=O)c1ccc(CC=C(c2cc(Cl)c(F)c(Cl)c2)C(F)(F)F)cc1F. The van der Waals surface area contributed by atoms with Crippen LogP contribution in [0.3, 0.4) is 0 Å². The van der Waals surface area contributed by atoms with E-state index in [1.54, 1.807) is 6.92 Å². The van der Waals surface area contributed by atoms with Crippen LogP contribution in [0.4, 0.5) is 22.0 Å². The van der Waals surface area contributed by atoms with E-state index in [4.69, 9.17) is 23.2 Å². The van der Waals surface area contributed by atoms with E-state index in [0.717, 1.165) is 30.3 Å². The van der Waals surface area contributed by atoms with Gasteiger partial charge in [-0.2, -0.15) is 13.2 Å². The Labute approximate surface area is 167 Å². The second-order valence-corrected chi connectivity index (χ2v) is 6.42. The van der Waals surface area contributed by atoms with Gasteiger partial charge < -0.3 is 4.74 Å². The molecule has 0 spiro atoms. The zero-order valence-corrected chi connectivity index (χ0v) is 15.9. The minimum absolute atomic E-state index is 0.0560. The number of alkyl halides is 3. The van der Waals surface area contributed by atoms with Crippen LogP contribution in [0.15, 0.2) is 36.4 Å². The zero-order chi connectivity index (χ0) is 21.1. The van der Waals surface area contributed by atoms with Crippen LogP contribution in [0.5, 0.6) is 0 Å². The first-order valence-electron chi connectivity index (χ1n) is 7.92. The van der Waals surface area contributed by atoms with Crippen LogP contribution in [-0.2, 0) is 11.2 Å². The van der Waals surface area contributed by atoms with Gasteiger partial charge in [-0.3, -0.25) is 0 Å². The molecule has 28 heavy (non-hydrogen) atoms. The topological polar surface area (TPSA) is 26.3 Å². The normalized spacial score (nSPS) is 12.2. The molecule has 2 rings (SSSR count). The number of rotatable bonds is 5. The predicted octanol–water partition coefficient (Wildman–Crippen LogP) is 6.64. The molecule has 0 aliphatic heterocycles. The van der Waals surface area contributed by atoms with E-state index in [1.807, 2.05) is 0 Å². The fourth-order valence-electron chi connectivity index (χ4n) is 2.39. The van der Waals surface area contributed by atoms with Crippen LogP contribution >= 0.6 is 23.2 Å². The van der Waals surface area contributed by atoms with E-state index >= 15 is 0 Å². The third kappa shape index (κ3) is 5.23. The van der Waals surface area contributed by atoms with Crippen molar-refractivity contribution in [3.63, 3.8) is 0 Å². The first-order chi connectivity index (χ1) is 13.0. The second kappa shape index (κ2) is 8.92. The Morgan fingerprint density at radius 3 is 2.21 bits per heavy atom. The van der Waals surface area contributed by atoms with Crippen LogP contribution in [0, 0.1) is 11.6 Å². The van der Waals surface area contributed by atoms with Crippen LogP contribution in [0.25, 0.3) is 5.57 Å². The molecule has 0 amide bonds. The average Bonchev–Trinajstić information content (AvgIpc) is 2.58. The van der Waals surface area contributed by atoms with Gasteiger partial charge in [-0.25, -0.2) is 13.6 Å². The smallest absolute Gasteiger partial charge is 0.416 e. The molecule has 0 aliphatic rings. The zero-order valence-electron chi connectivity index (χ0n) is 14.3. The highest BCUT2D eigenvalue weighted by molar-refractivity contribution is 6.35. The fourth-order valence-corrected chi connectivity index (χ4v) is 2.88. The van der Waals surface area contributed by atoms with E-state index in [0.29, 0.717) is 0 Å². The lowest BCUT2D eigenvalue weighted by atomic mass is 10.0. The minimum atomic E-state index is -4.78. The van der Waals surface area contributed by atoms with Gasteiger partial charge in [0.25, 0.3) is 0 Å². The van der Waals surface area contributed by atoms with Crippen LogP contribution in [0.2, 0.25) is 10.0 Å². The maximum absolute atomic E-state index is 14.0. The molecule has 0 bridgehead atoms. The highest BCUT2D eigenvalue weighted by Gasteiger charge is 2.35. The molecule has 0 fully saturated rings. The summed E-state index contributed by atoms with van der Waals surface area (Å²) in [7, 11) is 0. The van der Waals surface area contributed by atoms with Gasteiger partial charge in [0.2, 0.25) is 0 Å². The number of carbonyl (C=O) groups is 1. The van der Waals surface area contributed by atoms with E-state index in [9.17, 15) is 26.7 Å². The summed E-state index contributed by atoms with van der Waals surface area (Å²) in [5.74, 6) is -2.80. The molecule has 0 atom stereocenters. The van der Waals surface area contributed by atoms with Gasteiger partial charge in [-0.15, -0.1) is 0 Å². The van der Waals surface area contributed by atoms with Crippen molar-refractivity contribution in [3.05, 3.63) is 74.8 Å². The molecule has 150 valence electrons. The summed E-state index contributed by atoms with van der Waals surface area (Å²) >= 11 is 11.2. The van der Waals surface area contributed by atoms with E-state index in [-0.39, 0.29) is 24.2 Å².